The molecule has 0 heterocycles. The lowest BCUT2D eigenvalue weighted by molar-refractivity contribution is -0.134. The van der Waals surface area contributed by atoms with Gasteiger partial charge in [-0.2, -0.15) is 0 Å². The van der Waals surface area contributed by atoms with E-state index in [1.165, 1.54) is 12.7 Å². The molecule has 0 aromatic rings. The predicted molar refractivity (Wildman–Crippen MR) is 108 cm³/mol. The molecule has 2 unspecified atom stereocenters. The van der Waals surface area contributed by atoms with Crippen molar-refractivity contribution in [3.63, 3.8) is 0 Å². The van der Waals surface area contributed by atoms with E-state index in [0.29, 0.717) is 24.0 Å². The summed E-state index contributed by atoms with van der Waals surface area (Å²) in [6.07, 6.45) is 8.59. The standard InChI is InChI=1S/C22H32O6/c1-14(9-6-10-16(3)21(24)25)7-5-8-15(2)11-12-17-19(28-4)13-18(23)20(17)22(26)27/h7,10-11,18-19,23H,5-6,8-9,12-13H2,1-4H3,(H,24,25)(H,26,27)/b14-7+,15-11+,16-10+. The number of aliphatic carboxylic acids is 2. The first-order chi connectivity index (χ1) is 13.2. The van der Waals surface area contributed by atoms with E-state index in [9.17, 15) is 19.8 Å². The molecule has 0 amide bonds. The Morgan fingerprint density at radius 1 is 1.04 bits per heavy atom. The van der Waals surface area contributed by atoms with Gasteiger partial charge >= 0.3 is 11.9 Å². The van der Waals surface area contributed by atoms with Crippen molar-refractivity contribution in [3.8, 4) is 0 Å². The zero-order chi connectivity index (χ0) is 21.3. The Balaban J connectivity index is 2.57. The van der Waals surface area contributed by atoms with Crippen molar-refractivity contribution in [2.45, 2.75) is 71.5 Å². The number of carbonyl (C=O) groups is 2. The van der Waals surface area contributed by atoms with E-state index in [0.717, 1.165) is 24.8 Å². The summed E-state index contributed by atoms with van der Waals surface area (Å²) in [5.41, 5.74) is 3.45. The first kappa shape index (κ1) is 23.9. The average Bonchev–Trinajstić information content (AvgIpc) is 2.95. The van der Waals surface area contributed by atoms with Crippen LogP contribution in [0.25, 0.3) is 0 Å². The highest BCUT2D eigenvalue weighted by atomic mass is 16.5. The number of carboxylic acid groups (broad SMARTS) is 2. The third-order valence-electron chi connectivity index (χ3n) is 5.05. The molecule has 0 saturated carbocycles. The van der Waals surface area contributed by atoms with Crippen LogP contribution in [0.3, 0.4) is 0 Å². The fourth-order valence-electron chi connectivity index (χ4n) is 3.25. The number of carboxylic acids is 2. The van der Waals surface area contributed by atoms with E-state index in [4.69, 9.17) is 9.84 Å². The fourth-order valence-corrected chi connectivity index (χ4v) is 3.25. The molecule has 1 aliphatic carbocycles. The highest BCUT2D eigenvalue weighted by Gasteiger charge is 2.35. The van der Waals surface area contributed by atoms with Crippen molar-refractivity contribution in [3.05, 3.63) is 46.1 Å². The van der Waals surface area contributed by atoms with E-state index < -0.39 is 18.0 Å². The van der Waals surface area contributed by atoms with Crippen LogP contribution in [0.2, 0.25) is 0 Å². The average molecular weight is 392 g/mol. The van der Waals surface area contributed by atoms with Crippen molar-refractivity contribution in [1.82, 2.24) is 0 Å². The fraction of sp³-hybridized carbons (Fsp3) is 0.545. The maximum Gasteiger partial charge on any atom is 0.334 e. The maximum absolute atomic E-state index is 11.4. The molecule has 2 atom stereocenters. The second-order valence-corrected chi connectivity index (χ2v) is 7.29. The largest absolute Gasteiger partial charge is 0.478 e. The molecular weight excluding hydrogens is 360 g/mol. The Morgan fingerprint density at radius 3 is 2.14 bits per heavy atom. The van der Waals surface area contributed by atoms with E-state index in [-0.39, 0.29) is 18.1 Å². The molecule has 0 aromatic heterocycles. The minimum absolute atomic E-state index is 0.0661. The van der Waals surface area contributed by atoms with Gasteiger partial charge in [0.15, 0.2) is 0 Å². The third kappa shape index (κ3) is 7.44. The topological polar surface area (TPSA) is 104 Å². The molecule has 0 saturated heterocycles. The highest BCUT2D eigenvalue weighted by molar-refractivity contribution is 5.90. The second-order valence-electron chi connectivity index (χ2n) is 7.29. The van der Waals surface area contributed by atoms with E-state index in [2.05, 4.69) is 6.08 Å². The number of hydrogen-bond donors (Lipinski definition) is 3. The molecule has 6 heteroatoms. The lowest BCUT2D eigenvalue weighted by Crippen LogP contribution is -2.14. The molecule has 0 spiro atoms. The van der Waals surface area contributed by atoms with Crippen molar-refractivity contribution in [2.24, 2.45) is 0 Å². The van der Waals surface area contributed by atoms with Gasteiger partial charge in [0, 0.05) is 19.1 Å². The highest BCUT2D eigenvalue weighted by Crippen LogP contribution is 2.32. The minimum Gasteiger partial charge on any atom is -0.478 e. The molecule has 1 rings (SSSR count). The van der Waals surface area contributed by atoms with Crippen molar-refractivity contribution in [2.75, 3.05) is 7.11 Å². The number of methoxy groups -OCH3 is 1. The zero-order valence-corrected chi connectivity index (χ0v) is 17.2. The Bertz CT molecular complexity index is 696. The van der Waals surface area contributed by atoms with Gasteiger partial charge in [0.05, 0.1) is 17.8 Å². The Kier molecular flexibility index (Phi) is 9.90. The lowest BCUT2D eigenvalue weighted by atomic mass is 10.0. The van der Waals surface area contributed by atoms with Gasteiger partial charge in [-0.05, 0) is 58.4 Å². The monoisotopic (exact) mass is 392 g/mol. The van der Waals surface area contributed by atoms with Gasteiger partial charge in [-0.15, -0.1) is 0 Å². The summed E-state index contributed by atoms with van der Waals surface area (Å²) in [6.45, 7) is 5.64. The number of ether oxygens (including phenoxy) is 1. The van der Waals surface area contributed by atoms with Crippen LogP contribution >= 0.6 is 0 Å². The quantitative estimate of drug-likeness (QED) is 0.362. The van der Waals surface area contributed by atoms with Crippen LogP contribution in [-0.2, 0) is 14.3 Å². The van der Waals surface area contributed by atoms with Gasteiger partial charge in [0.25, 0.3) is 0 Å². The number of rotatable bonds is 11. The summed E-state index contributed by atoms with van der Waals surface area (Å²) in [4.78, 5) is 22.2. The number of aliphatic hydroxyl groups excluding tert-OH is 1. The van der Waals surface area contributed by atoms with Gasteiger partial charge < -0.3 is 20.1 Å². The Labute approximate surface area is 166 Å². The summed E-state index contributed by atoms with van der Waals surface area (Å²) in [5, 5.41) is 28.1. The Morgan fingerprint density at radius 2 is 1.61 bits per heavy atom. The van der Waals surface area contributed by atoms with E-state index in [1.807, 2.05) is 19.9 Å². The Hall–Kier alpha value is -2.18. The molecule has 0 radical (unpaired) electrons. The number of allylic oxidation sites excluding steroid dienone is 5. The first-order valence-electron chi connectivity index (χ1n) is 9.55. The normalized spacial score (nSPS) is 21.4. The van der Waals surface area contributed by atoms with Crippen LogP contribution in [0.4, 0.5) is 0 Å². The van der Waals surface area contributed by atoms with Gasteiger partial charge in [0.2, 0.25) is 0 Å². The molecular formula is C22H32O6. The summed E-state index contributed by atoms with van der Waals surface area (Å²) in [6, 6.07) is 0. The minimum atomic E-state index is -1.08. The molecule has 6 nitrogen and oxygen atoms in total. The van der Waals surface area contributed by atoms with E-state index in [1.54, 1.807) is 13.0 Å². The van der Waals surface area contributed by atoms with Gasteiger partial charge in [-0.1, -0.05) is 29.4 Å². The zero-order valence-electron chi connectivity index (χ0n) is 17.2. The van der Waals surface area contributed by atoms with Crippen LogP contribution in [0.5, 0.6) is 0 Å². The SMILES string of the molecule is COC1CC(O)C(C(=O)O)=C1C/C=C(\C)CC/C=C(\C)CC/C=C(\C)C(=O)O. The van der Waals surface area contributed by atoms with Crippen LogP contribution in [-0.4, -0.2) is 46.6 Å². The summed E-state index contributed by atoms with van der Waals surface area (Å²) < 4.78 is 5.33. The molecule has 3 N–H and O–H groups in total. The lowest BCUT2D eigenvalue weighted by Gasteiger charge is -2.12. The third-order valence-corrected chi connectivity index (χ3v) is 5.05. The molecule has 156 valence electrons. The van der Waals surface area contributed by atoms with Crippen LogP contribution in [0.15, 0.2) is 46.1 Å². The summed E-state index contributed by atoms with van der Waals surface area (Å²) >= 11 is 0. The predicted octanol–water partition coefficient (Wildman–Crippen LogP) is 4.02. The van der Waals surface area contributed by atoms with Gasteiger partial charge in [-0.3, -0.25) is 0 Å². The first-order valence-corrected chi connectivity index (χ1v) is 9.55. The van der Waals surface area contributed by atoms with Crippen LogP contribution in [0.1, 0.15) is 59.3 Å². The molecule has 1 aliphatic rings. The van der Waals surface area contributed by atoms with Crippen molar-refractivity contribution in [1.29, 1.82) is 0 Å². The van der Waals surface area contributed by atoms with Crippen LogP contribution < -0.4 is 0 Å². The van der Waals surface area contributed by atoms with Crippen molar-refractivity contribution < 1.29 is 29.6 Å². The van der Waals surface area contributed by atoms with Gasteiger partial charge in [0.1, 0.15) is 0 Å². The smallest absolute Gasteiger partial charge is 0.334 e. The number of aliphatic hydroxyl groups is 1. The summed E-state index contributed by atoms with van der Waals surface area (Å²) in [5.74, 6) is -1.96. The van der Waals surface area contributed by atoms with Gasteiger partial charge in [-0.25, -0.2) is 9.59 Å². The molecule has 0 fully saturated rings. The molecule has 0 aliphatic heterocycles. The molecule has 0 aromatic carbocycles. The second kappa shape index (κ2) is 11.6. The summed E-state index contributed by atoms with van der Waals surface area (Å²) in [7, 11) is 1.53. The van der Waals surface area contributed by atoms with Crippen LogP contribution in [0, 0.1) is 0 Å². The number of hydrogen-bond acceptors (Lipinski definition) is 4. The molecule has 28 heavy (non-hydrogen) atoms. The van der Waals surface area contributed by atoms with E-state index >= 15 is 0 Å². The maximum atomic E-state index is 11.4. The molecule has 0 bridgehead atoms. The van der Waals surface area contributed by atoms with Crippen molar-refractivity contribution >= 4 is 11.9 Å².